The standard InChI is InChI=1S/C24H26N2O3S/c1-3-26-22(27)19-14-17-12-8-9-13-18(17)15-20(19)25-24(26)30-21(23(28)29-4-2)16-10-6-5-7-11-16/h5-7,10-11,14-15,21H,3-4,8-9,12-13H2,1-2H3. The van der Waals surface area contributed by atoms with E-state index in [0.717, 1.165) is 18.4 Å². The quantitative estimate of drug-likeness (QED) is 0.328. The van der Waals surface area contributed by atoms with Crippen LogP contribution in [-0.4, -0.2) is 22.1 Å². The number of aromatic nitrogens is 2. The Morgan fingerprint density at radius 1 is 1.13 bits per heavy atom. The highest BCUT2D eigenvalue weighted by Gasteiger charge is 2.26. The Balaban J connectivity index is 1.81. The third-order valence-corrected chi connectivity index (χ3v) is 6.75. The summed E-state index contributed by atoms with van der Waals surface area (Å²) in [6.07, 6.45) is 4.39. The number of ether oxygens (including phenoxy) is 1. The number of hydrogen-bond donors (Lipinski definition) is 0. The Hall–Kier alpha value is -2.60. The molecule has 30 heavy (non-hydrogen) atoms. The second-order valence-corrected chi connectivity index (χ2v) is 8.52. The van der Waals surface area contributed by atoms with Gasteiger partial charge < -0.3 is 4.74 Å². The van der Waals surface area contributed by atoms with Gasteiger partial charge in [-0.15, -0.1) is 0 Å². The predicted molar refractivity (Wildman–Crippen MR) is 120 cm³/mol. The second kappa shape index (κ2) is 9.04. The monoisotopic (exact) mass is 422 g/mol. The zero-order valence-corrected chi connectivity index (χ0v) is 18.2. The molecule has 1 aromatic heterocycles. The number of nitrogens with zero attached hydrogens (tertiary/aromatic N) is 2. The molecule has 0 spiro atoms. The van der Waals surface area contributed by atoms with Gasteiger partial charge in [0.1, 0.15) is 5.25 Å². The summed E-state index contributed by atoms with van der Waals surface area (Å²) < 4.78 is 6.99. The lowest BCUT2D eigenvalue weighted by Gasteiger charge is -2.19. The maximum Gasteiger partial charge on any atom is 0.324 e. The van der Waals surface area contributed by atoms with Gasteiger partial charge >= 0.3 is 5.97 Å². The van der Waals surface area contributed by atoms with Crippen molar-refractivity contribution in [3.63, 3.8) is 0 Å². The lowest BCUT2D eigenvalue weighted by Crippen LogP contribution is -2.24. The molecule has 0 aliphatic heterocycles. The fourth-order valence-corrected chi connectivity index (χ4v) is 5.16. The summed E-state index contributed by atoms with van der Waals surface area (Å²) in [5.41, 5.74) is 4.06. The van der Waals surface area contributed by atoms with Gasteiger partial charge in [-0.3, -0.25) is 14.2 Å². The largest absolute Gasteiger partial charge is 0.465 e. The van der Waals surface area contributed by atoms with Gasteiger partial charge in [-0.25, -0.2) is 4.98 Å². The molecule has 0 N–H and O–H groups in total. The Morgan fingerprint density at radius 2 is 1.83 bits per heavy atom. The van der Waals surface area contributed by atoms with Crippen LogP contribution in [0.2, 0.25) is 0 Å². The average Bonchev–Trinajstić information content (AvgIpc) is 2.77. The lowest BCUT2D eigenvalue weighted by atomic mass is 9.90. The zero-order valence-electron chi connectivity index (χ0n) is 17.4. The maximum absolute atomic E-state index is 13.3. The molecule has 0 bridgehead atoms. The van der Waals surface area contributed by atoms with Gasteiger partial charge in [0.25, 0.3) is 5.56 Å². The summed E-state index contributed by atoms with van der Waals surface area (Å²) in [7, 11) is 0. The fourth-order valence-electron chi connectivity index (χ4n) is 4.00. The number of carbonyl (C=O) groups excluding carboxylic acids is 1. The number of thioether (sulfide) groups is 1. The van der Waals surface area contributed by atoms with Crippen LogP contribution in [0.3, 0.4) is 0 Å². The number of hydrogen-bond acceptors (Lipinski definition) is 5. The van der Waals surface area contributed by atoms with E-state index in [9.17, 15) is 9.59 Å². The minimum atomic E-state index is -0.578. The first kappa shape index (κ1) is 20.7. The Kier molecular flexibility index (Phi) is 6.23. The van der Waals surface area contributed by atoms with Crippen LogP contribution in [0.15, 0.2) is 52.4 Å². The van der Waals surface area contributed by atoms with Crippen molar-refractivity contribution in [2.24, 2.45) is 0 Å². The van der Waals surface area contributed by atoms with Crippen molar-refractivity contribution in [2.45, 2.75) is 56.5 Å². The van der Waals surface area contributed by atoms with E-state index in [1.807, 2.05) is 43.3 Å². The summed E-state index contributed by atoms with van der Waals surface area (Å²) in [6, 6.07) is 13.6. The summed E-state index contributed by atoms with van der Waals surface area (Å²) >= 11 is 1.28. The van der Waals surface area contributed by atoms with E-state index in [1.54, 1.807) is 11.5 Å². The van der Waals surface area contributed by atoms with Crippen LogP contribution in [0.1, 0.15) is 48.6 Å². The van der Waals surface area contributed by atoms with Crippen LogP contribution in [0.25, 0.3) is 10.9 Å². The number of fused-ring (bicyclic) bond motifs is 2. The molecule has 0 saturated heterocycles. The van der Waals surface area contributed by atoms with Gasteiger partial charge in [0, 0.05) is 6.54 Å². The molecule has 3 aromatic rings. The molecule has 5 nitrogen and oxygen atoms in total. The van der Waals surface area contributed by atoms with E-state index >= 15 is 0 Å². The first-order chi connectivity index (χ1) is 14.6. The van der Waals surface area contributed by atoms with Gasteiger partial charge in [0.2, 0.25) is 0 Å². The highest BCUT2D eigenvalue weighted by Crippen LogP contribution is 2.36. The van der Waals surface area contributed by atoms with Crippen LogP contribution < -0.4 is 5.56 Å². The van der Waals surface area contributed by atoms with Crippen LogP contribution >= 0.6 is 11.8 Å². The third kappa shape index (κ3) is 4.01. The first-order valence-electron chi connectivity index (χ1n) is 10.6. The van der Waals surface area contributed by atoms with Crippen LogP contribution in [0.4, 0.5) is 0 Å². The van der Waals surface area contributed by atoms with Gasteiger partial charge in [-0.2, -0.15) is 0 Å². The minimum absolute atomic E-state index is 0.0472. The summed E-state index contributed by atoms with van der Waals surface area (Å²) in [6.45, 7) is 4.52. The first-order valence-corrected chi connectivity index (χ1v) is 11.4. The van der Waals surface area contributed by atoms with Crippen LogP contribution in [0.5, 0.6) is 0 Å². The molecular formula is C24H26N2O3S. The molecule has 1 aliphatic rings. The molecule has 6 heteroatoms. The van der Waals surface area contributed by atoms with E-state index in [2.05, 4.69) is 6.07 Å². The summed E-state index contributed by atoms with van der Waals surface area (Å²) in [4.78, 5) is 30.8. The van der Waals surface area contributed by atoms with Crippen molar-refractivity contribution in [2.75, 3.05) is 6.61 Å². The normalized spacial score (nSPS) is 14.3. The zero-order chi connectivity index (χ0) is 21.1. The van der Waals surface area contributed by atoms with Gasteiger partial charge in [0.05, 0.1) is 17.5 Å². The van der Waals surface area contributed by atoms with E-state index < -0.39 is 5.25 Å². The van der Waals surface area contributed by atoms with Gasteiger partial charge in [0.15, 0.2) is 5.16 Å². The number of benzene rings is 2. The number of aryl methyl sites for hydroxylation is 2. The van der Waals surface area contributed by atoms with Crippen molar-refractivity contribution in [1.29, 1.82) is 0 Å². The molecule has 156 valence electrons. The predicted octanol–water partition coefficient (Wildman–Crippen LogP) is 4.69. The smallest absolute Gasteiger partial charge is 0.324 e. The third-order valence-electron chi connectivity index (χ3n) is 5.53. The second-order valence-electron chi connectivity index (χ2n) is 7.45. The van der Waals surface area contributed by atoms with Crippen molar-refractivity contribution >= 4 is 28.6 Å². The minimum Gasteiger partial charge on any atom is -0.465 e. The molecule has 1 aliphatic carbocycles. The molecule has 2 aromatic carbocycles. The molecule has 0 radical (unpaired) electrons. The van der Waals surface area contributed by atoms with Gasteiger partial charge in [-0.05, 0) is 68.4 Å². The number of esters is 1. The maximum atomic E-state index is 13.3. The molecule has 4 rings (SSSR count). The molecular weight excluding hydrogens is 396 g/mol. The van der Waals surface area contributed by atoms with E-state index in [1.165, 1.54) is 35.7 Å². The summed E-state index contributed by atoms with van der Waals surface area (Å²) in [5, 5.41) is 0.632. The van der Waals surface area contributed by atoms with Gasteiger partial charge in [-0.1, -0.05) is 42.1 Å². The van der Waals surface area contributed by atoms with E-state index in [0.29, 0.717) is 29.2 Å². The lowest BCUT2D eigenvalue weighted by molar-refractivity contribution is -0.142. The Labute approximate surface area is 180 Å². The number of rotatable bonds is 6. The highest BCUT2D eigenvalue weighted by molar-refractivity contribution is 8.00. The van der Waals surface area contributed by atoms with Crippen molar-refractivity contribution < 1.29 is 9.53 Å². The van der Waals surface area contributed by atoms with Crippen molar-refractivity contribution in [3.05, 3.63) is 69.5 Å². The Bertz CT molecular complexity index is 1120. The highest BCUT2D eigenvalue weighted by atomic mass is 32.2. The Morgan fingerprint density at radius 3 is 2.50 bits per heavy atom. The van der Waals surface area contributed by atoms with E-state index in [-0.39, 0.29) is 11.5 Å². The van der Waals surface area contributed by atoms with Crippen LogP contribution in [0, 0.1) is 0 Å². The molecule has 1 atom stereocenters. The fraction of sp³-hybridized carbons (Fsp3) is 0.375. The molecule has 0 saturated carbocycles. The van der Waals surface area contributed by atoms with Crippen LogP contribution in [-0.2, 0) is 28.9 Å². The number of carbonyl (C=O) groups is 1. The molecule has 1 unspecified atom stereocenters. The average molecular weight is 423 g/mol. The van der Waals surface area contributed by atoms with Crippen molar-refractivity contribution in [3.8, 4) is 0 Å². The topological polar surface area (TPSA) is 61.2 Å². The SMILES string of the molecule is CCOC(=O)C(Sc1nc2cc3c(cc2c(=O)n1CC)CCCC3)c1ccccc1. The molecule has 1 heterocycles. The van der Waals surface area contributed by atoms with E-state index in [4.69, 9.17) is 9.72 Å². The summed E-state index contributed by atoms with van der Waals surface area (Å²) in [5.74, 6) is -0.323. The molecule has 0 amide bonds. The van der Waals surface area contributed by atoms with Crippen molar-refractivity contribution in [1.82, 2.24) is 9.55 Å². The molecule has 0 fully saturated rings.